The summed E-state index contributed by atoms with van der Waals surface area (Å²) < 4.78 is 0. The maximum Gasteiger partial charge on any atom is 0.251 e. The van der Waals surface area contributed by atoms with Crippen molar-refractivity contribution >= 4 is 47.2 Å². The number of carbonyl (C=O) groups excluding carboxylic acids is 1. The highest BCUT2D eigenvalue weighted by Crippen LogP contribution is 2.11. The van der Waals surface area contributed by atoms with E-state index in [1.807, 2.05) is 31.2 Å². The molecular weight excluding hydrogens is 497 g/mol. The first kappa shape index (κ1) is 25.4. The molecule has 8 heteroatoms. The molecule has 3 N–H and O–H groups in total. The lowest BCUT2D eigenvalue weighted by atomic mass is 10.1. The fourth-order valence-electron chi connectivity index (χ4n) is 2.78. The summed E-state index contributed by atoms with van der Waals surface area (Å²) in [5.74, 6) is 0.785. The van der Waals surface area contributed by atoms with Gasteiger partial charge < -0.3 is 16.0 Å². The van der Waals surface area contributed by atoms with Crippen LogP contribution in [-0.2, 0) is 12.8 Å². The van der Waals surface area contributed by atoms with E-state index in [1.165, 1.54) is 5.01 Å². The predicted octanol–water partition coefficient (Wildman–Crippen LogP) is 3.55. The Morgan fingerprint density at radius 3 is 2.72 bits per heavy atom. The number of hydrogen-bond acceptors (Lipinski definition) is 4. The number of rotatable bonds is 10. The summed E-state index contributed by atoms with van der Waals surface area (Å²) in [4.78, 5) is 20.9. The van der Waals surface area contributed by atoms with Crippen molar-refractivity contribution in [2.24, 2.45) is 4.99 Å². The molecule has 1 aromatic heterocycles. The SMILES string of the molecule is CCNC(=NCCCCc1nc(C)cs1)NCCc1cccc(C(=O)NC)c1.I. The molecule has 0 unspecified atom stereocenters. The standard InChI is InChI=1S/C21H31N5OS.HI/c1-4-23-21(24-12-6-5-10-19-26-16(2)15-28-19)25-13-11-17-8-7-9-18(14-17)20(27)22-3;/h7-9,14-15H,4-6,10-13H2,1-3H3,(H,22,27)(H2,23,24,25);1H. The van der Waals surface area contributed by atoms with Gasteiger partial charge in [-0.1, -0.05) is 12.1 Å². The van der Waals surface area contributed by atoms with Gasteiger partial charge in [-0.15, -0.1) is 35.3 Å². The van der Waals surface area contributed by atoms with Gasteiger partial charge in [-0.25, -0.2) is 4.98 Å². The van der Waals surface area contributed by atoms with Crippen molar-refractivity contribution in [3.63, 3.8) is 0 Å². The third-order valence-corrected chi connectivity index (χ3v) is 5.23. The minimum Gasteiger partial charge on any atom is -0.357 e. The molecule has 29 heavy (non-hydrogen) atoms. The third-order valence-electron chi connectivity index (χ3n) is 4.20. The maximum atomic E-state index is 11.7. The average Bonchev–Trinajstić information content (AvgIpc) is 3.12. The van der Waals surface area contributed by atoms with Gasteiger partial charge in [-0.2, -0.15) is 0 Å². The predicted molar refractivity (Wildman–Crippen MR) is 133 cm³/mol. The molecular formula is C21H32IN5OS. The van der Waals surface area contributed by atoms with E-state index in [0.717, 1.165) is 62.5 Å². The van der Waals surface area contributed by atoms with E-state index in [-0.39, 0.29) is 29.9 Å². The van der Waals surface area contributed by atoms with Crippen molar-refractivity contribution in [3.8, 4) is 0 Å². The number of nitrogens with zero attached hydrogens (tertiary/aromatic N) is 2. The summed E-state index contributed by atoms with van der Waals surface area (Å²) in [6.07, 6.45) is 4.00. The molecule has 1 aromatic carbocycles. The molecule has 0 aliphatic carbocycles. The van der Waals surface area contributed by atoms with Crippen molar-refractivity contribution in [2.75, 3.05) is 26.7 Å². The van der Waals surface area contributed by atoms with E-state index < -0.39 is 0 Å². The molecule has 0 radical (unpaired) electrons. The maximum absolute atomic E-state index is 11.7. The monoisotopic (exact) mass is 529 g/mol. The first-order valence-electron chi connectivity index (χ1n) is 9.86. The second kappa shape index (κ2) is 14.3. The summed E-state index contributed by atoms with van der Waals surface area (Å²) in [6.45, 7) is 6.49. The Labute approximate surface area is 195 Å². The quantitative estimate of drug-likeness (QED) is 0.191. The molecule has 1 amide bonds. The van der Waals surface area contributed by atoms with Crippen LogP contribution < -0.4 is 16.0 Å². The normalized spacial score (nSPS) is 10.9. The van der Waals surface area contributed by atoms with E-state index in [2.05, 4.69) is 38.2 Å². The van der Waals surface area contributed by atoms with Crippen molar-refractivity contribution in [1.82, 2.24) is 20.9 Å². The number of guanidine groups is 1. The van der Waals surface area contributed by atoms with Crippen molar-refractivity contribution in [2.45, 2.75) is 39.5 Å². The zero-order chi connectivity index (χ0) is 20.2. The molecule has 1 heterocycles. The highest BCUT2D eigenvalue weighted by molar-refractivity contribution is 14.0. The summed E-state index contributed by atoms with van der Waals surface area (Å²) in [5, 5.41) is 12.6. The number of aromatic nitrogens is 1. The number of hydrogen-bond donors (Lipinski definition) is 3. The van der Waals surface area contributed by atoms with Crippen LogP contribution in [0.3, 0.4) is 0 Å². The molecule has 160 valence electrons. The Kier molecular flexibility index (Phi) is 12.5. The number of thiazole rings is 1. The van der Waals surface area contributed by atoms with Crippen LogP contribution in [0, 0.1) is 6.92 Å². The number of amides is 1. The lowest BCUT2D eigenvalue weighted by Crippen LogP contribution is -2.38. The molecule has 2 rings (SSSR count). The van der Waals surface area contributed by atoms with Gasteiger partial charge in [0, 0.05) is 43.3 Å². The second-order valence-electron chi connectivity index (χ2n) is 6.56. The van der Waals surface area contributed by atoms with Crippen LogP contribution in [0.4, 0.5) is 0 Å². The molecule has 6 nitrogen and oxygen atoms in total. The molecule has 0 saturated carbocycles. The van der Waals surface area contributed by atoms with Crippen LogP contribution in [0.15, 0.2) is 34.6 Å². The first-order valence-corrected chi connectivity index (χ1v) is 10.7. The molecule has 0 aliphatic rings. The minimum absolute atomic E-state index is 0. The van der Waals surface area contributed by atoms with Gasteiger partial charge in [-0.05, 0) is 57.2 Å². The fourth-order valence-corrected chi connectivity index (χ4v) is 3.59. The fraction of sp³-hybridized carbons (Fsp3) is 0.476. The Bertz CT molecular complexity index is 778. The summed E-state index contributed by atoms with van der Waals surface area (Å²) in [6, 6.07) is 7.72. The Morgan fingerprint density at radius 1 is 1.21 bits per heavy atom. The second-order valence-corrected chi connectivity index (χ2v) is 7.50. The highest BCUT2D eigenvalue weighted by Gasteiger charge is 2.04. The molecule has 0 atom stereocenters. The van der Waals surface area contributed by atoms with Crippen LogP contribution >= 0.6 is 35.3 Å². The molecule has 0 saturated heterocycles. The number of carbonyl (C=O) groups is 1. The highest BCUT2D eigenvalue weighted by atomic mass is 127. The summed E-state index contributed by atoms with van der Waals surface area (Å²) in [5.41, 5.74) is 2.93. The average molecular weight is 529 g/mol. The van der Waals surface area contributed by atoms with E-state index in [9.17, 15) is 4.79 Å². The molecule has 0 fully saturated rings. The van der Waals surface area contributed by atoms with Crippen LogP contribution in [-0.4, -0.2) is 43.5 Å². The van der Waals surface area contributed by atoms with Gasteiger partial charge in [0.1, 0.15) is 0 Å². The number of halogens is 1. The zero-order valence-corrected chi connectivity index (χ0v) is 20.6. The van der Waals surface area contributed by atoms with Crippen LogP contribution in [0.2, 0.25) is 0 Å². The van der Waals surface area contributed by atoms with Crippen LogP contribution in [0.1, 0.15) is 46.4 Å². The van der Waals surface area contributed by atoms with Crippen molar-refractivity contribution in [1.29, 1.82) is 0 Å². The van der Waals surface area contributed by atoms with Gasteiger partial charge >= 0.3 is 0 Å². The molecule has 0 spiro atoms. The van der Waals surface area contributed by atoms with E-state index in [4.69, 9.17) is 0 Å². The van der Waals surface area contributed by atoms with Gasteiger partial charge in [0.25, 0.3) is 5.91 Å². The minimum atomic E-state index is -0.0578. The Morgan fingerprint density at radius 2 is 2.03 bits per heavy atom. The van der Waals surface area contributed by atoms with Crippen LogP contribution in [0.25, 0.3) is 0 Å². The van der Waals surface area contributed by atoms with Gasteiger partial charge in [0.2, 0.25) is 0 Å². The van der Waals surface area contributed by atoms with E-state index in [1.54, 1.807) is 18.4 Å². The largest absolute Gasteiger partial charge is 0.357 e. The van der Waals surface area contributed by atoms with Gasteiger partial charge in [-0.3, -0.25) is 9.79 Å². The van der Waals surface area contributed by atoms with E-state index >= 15 is 0 Å². The number of nitrogens with one attached hydrogen (secondary N) is 3. The summed E-state index contributed by atoms with van der Waals surface area (Å²) >= 11 is 1.74. The molecule has 0 bridgehead atoms. The topological polar surface area (TPSA) is 78.4 Å². The van der Waals surface area contributed by atoms with E-state index in [0.29, 0.717) is 5.56 Å². The first-order chi connectivity index (χ1) is 13.6. The smallest absolute Gasteiger partial charge is 0.251 e. The van der Waals surface area contributed by atoms with Crippen molar-refractivity contribution in [3.05, 3.63) is 51.5 Å². The molecule has 2 aromatic rings. The van der Waals surface area contributed by atoms with Gasteiger partial charge in [0.05, 0.1) is 5.01 Å². The number of unbranched alkanes of at least 4 members (excludes halogenated alkanes) is 1. The van der Waals surface area contributed by atoms with Crippen molar-refractivity contribution < 1.29 is 4.79 Å². The number of aliphatic imine (C=N–C) groups is 1. The lowest BCUT2D eigenvalue weighted by Gasteiger charge is -2.11. The molecule has 0 aliphatic heterocycles. The number of aryl methyl sites for hydroxylation is 2. The summed E-state index contributed by atoms with van der Waals surface area (Å²) in [7, 11) is 1.65. The Balaban J connectivity index is 0.00000420. The zero-order valence-electron chi connectivity index (χ0n) is 17.5. The Hall–Kier alpha value is -1.68. The van der Waals surface area contributed by atoms with Gasteiger partial charge in [0.15, 0.2) is 5.96 Å². The lowest BCUT2D eigenvalue weighted by molar-refractivity contribution is 0.0963. The van der Waals surface area contributed by atoms with Crippen LogP contribution in [0.5, 0.6) is 0 Å². The third kappa shape index (κ3) is 9.58. The number of benzene rings is 1.